The van der Waals surface area contributed by atoms with E-state index >= 15 is 0 Å². The number of nitrogens with zero attached hydrogens (tertiary/aromatic N) is 1. The monoisotopic (exact) mass is 312 g/mol. The first-order valence-electron chi connectivity index (χ1n) is 7.05. The van der Waals surface area contributed by atoms with E-state index in [-0.39, 0.29) is 5.91 Å². The van der Waals surface area contributed by atoms with Crippen LogP contribution in [0, 0.1) is 6.92 Å². The molecule has 1 aromatic carbocycles. The first-order chi connectivity index (χ1) is 10.7. The largest absolute Gasteiger partial charge is 0.449 e. The maximum absolute atomic E-state index is 11.9. The molecule has 22 heavy (non-hydrogen) atoms. The van der Waals surface area contributed by atoms with Crippen LogP contribution in [0.4, 0.5) is 5.69 Å². The number of amides is 1. The Bertz CT molecular complexity index is 745. The number of hydrogen-bond acceptors (Lipinski definition) is 4. The molecule has 0 aliphatic rings. The molecule has 1 amide bonds. The molecule has 0 atom stereocenters. The zero-order valence-electron chi connectivity index (χ0n) is 12.2. The Hall–Kier alpha value is -2.40. The molecule has 0 saturated carbocycles. The molecule has 2 aromatic heterocycles. The number of thiophene rings is 1. The van der Waals surface area contributed by atoms with E-state index in [1.165, 1.54) is 4.88 Å². The fourth-order valence-electron chi connectivity index (χ4n) is 2.14. The third kappa shape index (κ3) is 3.62. The SMILES string of the molecule is Cc1nc(-c2ccc(NC(=O)CCc3cccs3)cc2)co1. The Morgan fingerprint density at radius 2 is 2.09 bits per heavy atom. The number of carbonyl (C=O) groups is 1. The van der Waals surface area contributed by atoms with E-state index in [0.29, 0.717) is 12.3 Å². The molecule has 0 unspecified atom stereocenters. The van der Waals surface area contributed by atoms with E-state index in [9.17, 15) is 4.79 Å². The predicted molar refractivity (Wildman–Crippen MR) is 87.9 cm³/mol. The lowest BCUT2D eigenvalue weighted by molar-refractivity contribution is -0.116. The minimum absolute atomic E-state index is 0.0263. The summed E-state index contributed by atoms with van der Waals surface area (Å²) in [5.41, 5.74) is 2.56. The molecule has 112 valence electrons. The minimum Gasteiger partial charge on any atom is -0.449 e. The van der Waals surface area contributed by atoms with Crippen LogP contribution in [0.3, 0.4) is 0 Å². The number of oxazole rings is 1. The third-order valence-electron chi connectivity index (χ3n) is 3.26. The molecule has 0 fully saturated rings. The standard InChI is InChI=1S/C17H16N2O2S/c1-12-18-16(11-21-12)13-4-6-14(7-5-13)19-17(20)9-8-15-3-2-10-22-15/h2-7,10-11H,8-9H2,1H3,(H,19,20). The second-order valence-electron chi connectivity index (χ2n) is 4.96. The fourth-order valence-corrected chi connectivity index (χ4v) is 2.84. The van der Waals surface area contributed by atoms with Gasteiger partial charge in [0.2, 0.25) is 5.91 Å². The predicted octanol–water partition coefficient (Wildman–Crippen LogP) is 4.28. The molecule has 0 bridgehead atoms. The van der Waals surface area contributed by atoms with Crippen molar-refractivity contribution in [2.24, 2.45) is 0 Å². The summed E-state index contributed by atoms with van der Waals surface area (Å²) in [6.45, 7) is 1.81. The summed E-state index contributed by atoms with van der Waals surface area (Å²) in [4.78, 5) is 17.4. The highest BCUT2D eigenvalue weighted by atomic mass is 32.1. The molecule has 1 N–H and O–H groups in total. The Labute approximate surface area is 132 Å². The minimum atomic E-state index is 0.0263. The van der Waals surface area contributed by atoms with Gasteiger partial charge in [-0.25, -0.2) is 4.98 Å². The van der Waals surface area contributed by atoms with Crippen LogP contribution in [0.1, 0.15) is 17.2 Å². The molecule has 3 aromatic rings. The number of carbonyl (C=O) groups excluding carboxylic acids is 1. The number of hydrogen-bond donors (Lipinski definition) is 1. The molecule has 4 nitrogen and oxygen atoms in total. The molecular formula is C17H16N2O2S. The Morgan fingerprint density at radius 1 is 1.27 bits per heavy atom. The van der Waals surface area contributed by atoms with Crippen molar-refractivity contribution < 1.29 is 9.21 Å². The number of benzene rings is 1. The Balaban J connectivity index is 1.57. The van der Waals surface area contributed by atoms with E-state index in [2.05, 4.69) is 10.3 Å². The van der Waals surface area contributed by atoms with Gasteiger partial charge in [-0.05, 0) is 30.0 Å². The average Bonchev–Trinajstić information content (AvgIpc) is 3.17. The number of nitrogens with one attached hydrogen (secondary N) is 1. The molecule has 5 heteroatoms. The van der Waals surface area contributed by atoms with Crippen molar-refractivity contribution >= 4 is 22.9 Å². The normalized spacial score (nSPS) is 10.6. The van der Waals surface area contributed by atoms with Crippen molar-refractivity contribution in [3.8, 4) is 11.3 Å². The van der Waals surface area contributed by atoms with Crippen LogP contribution in [0.25, 0.3) is 11.3 Å². The van der Waals surface area contributed by atoms with Crippen LogP contribution in [0.2, 0.25) is 0 Å². The quantitative estimate of drug-likeness (QED) is 0.765. The lowest BCUT2D eigenvalue weighted by atomic mass is 10.1. The zero-order chi connectivity index (χ0) is 15.4. The number of anilines is 1. The summed E-state index contributed by atoms with van der Waals surface area (Å²) in [5.74, 6) is 0.666. The highest BCUT2D eigenvalue weighted by molar-refractivity contribution is 7.09. The number of rotatable bonds is 5. The van der Waals surface area contributed by atoms with Crippen LogP contribution in [0.5, 0.6) is 0 Å². The van der Waals surface area contributed by atoms with Gasteiger partial charge in [0, 0.05) is 29.5 Å². The van der Waals surface area contributed by atoms with Crippen LogP contribution in [-0.2, 0) is 11.2 Å². The van der Waals surface area contributed by atoms with Crippen molar-refractivity contribution in [1.29, 1.82) is 0 Å². The molecule has 3 rings (SSSR count). The molecule has 0 saturated heterocycles. The van der Waals surface area contributed by atoms with Gasteiger partial charge < -0.3 is 9.73 Å². The van der Waals surface area contributed by atoms with E-state index in [4.69, 9.17) is 4.42 Å². The van der Waals surface area contributed by atoms with Gasteiger partial charge in [0.1, 0.15) is 12.0 Å². The molecule has 0 spiro atoms. The van der Waals surface area contributed by atoms with Gasteiger partial charge in [0.15, 0.2) is 5.89 Å². The van der Waals surface area contributed by atoms with Crippen molar-refractivity contribution in [1.82, 2.24) is 4.98 Å². The van der Waals surface area contributed by atoms with Crippen molar-refractivity contribution in [3.05, 3.63) is 58.8 Å². The van der Waals surface area contributed by atoms with Crippen LogP contribution in [-0.4, -0.2) is 10.9 Å². The topological polar surface area (TPSA) is 55.1 Å². The smallest absolute Gasteiger partial charge is 0.224 e. The third-order valence-corrected chi connectivity index (χ3v) is 4.20. The van der Waals surface area contributed by atoms with Gasteiger partial charge in [-0.3, -0.25) is 4.79 Å². The van der Waals surface area contributed by atoms with Gasteiger partial charge in [-0.2, -0.15) is 0 Å². The second-order valence-corrected chi connectivity index (χ2v) is 5.99. The fraction of sp³-hybridized carbons (Fsp3) is 0.176. The molecular weight excluding hydrogens is 296 g/mol. The molecule has 2 heterocycles. The lowest BCUT2D eigenvalue weighted by Crippen LogP contribution is -2.11. The maximum atomic E-state index is 11.9. The zero-order valence-corrected chi connectivity index (χ0v) is 13.0. The van der Waals surface area contributed by atoms with E-state index in [0.717, 1.165) is 23.4 Å². The molecule has 0 aliphatic carbocycles. The van der Waals surface area contributed by atoms with Crippen LogP contribution >= 0.6 is 11.3 Å². The summed E-state index contributed by atoms with van der Waals surface area (Å²) in [6.07, 6.45) is 2.90. The first-order valence-corrected chi connectivity index (χ1v) is 7.93. The van der Waals surface area contributed by atoms with Gasteiger partial charge in [0.05, 0.1) is 0 Å². The van der Waals surface area contributed by atoms with E-state index in [1.54, 1.807) is 17.6 Å². The summed E-state index contributed by atoms with van der Waals surface area (Å²) >= 11 is 1.68. The summed E-state index contributed by atoms with van der Waals surface area (Å²) in [5, 5.41) is 4.94. The van der Waals surface area contributed by atoms with E-state index in [1.807, 2.05) is 48.7 Å². The highest BCUT2D eigenvalue weighted by Gasteiger charge is 2.06. The van der Waals surface area contributed by atoms with Crippen LogP contribution < -0.4 is 5.32 Å². The van der Waals surface area contributed by atoms with Crippen molar-refractivity contribution in [2.45, 2.75) is 19.8 Å². The molecule has 0 aliphatic heterocycles. The summed E-state index contributed by atoms with van der Waals surface area (Å²) in [6, 6.07) is 11.7. The van der Waals surface area contributed by atoms with Gasteiger partial charge in [0.25, 0.3) is 0 Å². The summed E-state index contributed by atoms with van der Waals surface area (Å²) < 4.78 is 5.20. The maximum Gasteiger partial charge on any atom is 0.224 e. The van der Waals surface area contributed by atoms with E-state index < -0.39 is 0 Å². The molecule has 0 radical (unpaired) electrons. The van der Waals surface area contributed by atoms with Crippen LogP contribution in [0.15, 0.2) is 52.5 Å². The van der Waals surface area contributed by atoms with Gasteiger partial charge in [-0.15, -0.1) is 11.3 Å². The Kier molecular flexibility index (Phi) is 4.34. The lowest BCUT2D eigenvalue weighted by Gasteiger charge is -2.05. The average molecular weight is 312 g/mol. The second kappa shape index (κ2) is 6.58. The van der Waals surface area contributed by atoms with Crippen molar-refractivity contribution in [3.63, 3.8) is 0 Å². The van der Waals surface area contributed by atoms with Crippen molar-refractivity contribution in [2.75, 3.05) is 5.32 Å². The Morgan fingerprint density at radius 3 is 2.73 bits per heavy atom. The number of aryl methyl sites for hydroxylation is 2. The van der Waals surface area contributed by atoms with Gasteiger partial charge in [-0.1, -0.05) is 18.2 Å². The highest BCUT2D eigenvalue weighted by Crippen LogP contribution is 2.21. The number of aromatic nitrogens is 1. The summed E-state index contributed by atoms with van der Waals surface area (Å²) in [7, 11) is 0. The van der Waals surface area contributed by atoms with Gasteiger partial charge >= 0.3 is 0 Å². The first kappa shape index (κ1) is 14.5.